The zero-order chi connectivity index (χ0) is 21.0. The minimum Gasteiger partial charge on any atom is -0.336 e. The first-order valence-corrected chi connectivity index (χ1v) is 10.1. The van der Waals surface area contributed by atoms with E-state index in [0.717, 1.165) is 48.6 Å². The SMILES string of the molecule is O=C(c1ccc(-c2ccn3ncc(C#Cc4ccncc4)c3n2)cc1)N1CCNCC1. The molecule has 0 bridgehead atoms. The smallest absolute Gasteiger partial charge is 0.253 e. The van der Waals surface area contributed by atoms with Crippen LogP contribution in [0.25, 0.3) is 16.9 Å². The lowest BCUT2D eigenvalue weighted by molar-refractivity contribution is 0.0736. The number of aromatic nitrogens is 4. The van der Waals surface area contributed by atoms with Gasteiger partial charge in [-0.05, 0) is 30.3 Å². The number of rotatable bonds is 2. The van der Waals surface area contributed by atoms with Crippen LogP contribution >= 0.6 is 0 Å². The maximum Gasteiger partial charge on any atom is 0.253 e. The van der Waals surface area contributed by atoms with Crippen molar-refractivity contribution in [2.45, 2.75) is 0 Å². The zero-order valence-corrected chi connectivity index (χ0v) is 16.8. The van der Waals surface area contributed by atoms with Crippen LogP contribution in [-0.4, -0.2) is 56.6 Å². The molecule has 7 heteroatoms. The van der Waals surface area contributed by atoms with Gasteiger partial charge in [0.1, 0.15) is 0 Å². The standard InChI is InChI=1S/C24H20N6O/c31-24(29-15-12-26-13-16-29)20-5-3-19(4-6-20)22-9-14-30-23(28-22)21(17-27-30)2-1-18-7-10-25-11-8-18/h3-11,14,17,26H,12-13,15-16H2. The van der Waals surface area contributed by atoms with Crippen LogP contribution in [0.15, 0.2) is 67.3 Å². The van der Waals surface area contributed by atoms with E-state index in [0.29, 0.717) is 11.2 Å². The Kier molecular flexibility index (Phi) is 5.13. The molecule has 31 heavy (non-hydrogen) atoms. The van der Waals surface area contributed by atoms with Crippen LogP contribution in [0.1, 0.15) is 21.5 Å². The molecule has 0 atom stereocenters. The molecule has 152 valence electrons. The van der Waals surface area contributed by atoms with Gasteiger partial charge in [-0.15, -0.1) is 0 Å². The van der Waals surface area contributed by atoms with E-state index in [1.165, 1.54) is 0 Å². The molecule has 4 aromatic rings. The number of nitrogens with zero attached hydrogens (tertiary/aromatic N) is 5. The maximum absolute atomic E-state index is 12.7. The molecular formula is C24H20N6O. The topological polar surface area (TPSA) is 75.4 Å². The van der Waals surface area contributed by atoms with Gasteiger partial charge in [0.2, 0.25) is 0 Å². The first-order valence-electron chi connectivity index (χ1n) is 10.1. The Morgan fingerprint density at radius 3 is 2.52 bits per heavy atom. The number of benzene rings is 1. The van der Waals surface area contributed by atoms with Crippen molar-refractivity contribution in [2.75, 3.05) is 26.2 Å². The van der Waals surface area contributed by atoms with Gasteiger partial charge in [-0.2, -0.15) is 5.10 Å². The molecule has 1 aromatic carbocycles. The molecule has 1 amide bonds. The van der Waals surface area contributed by atoms with Crippen LogP contribution in [0.5, 0.6) is 0 Å². The summed E-state index contributed by atoms with van der Waals surface area (Å²) < 4.78 is 1.71. The number of carbonyl (C=O) groups is 1. The highest BCUT2D eigenvalue weighted by Gasteiger charge is 2.18. The highest BCUT2D eigenvalue weighted by molar-refractivity contribution is 5.94. The van der Waals surface area contributed by atoms with E-state index in [1.54, 1.807) is 23.1 Å². The van der Waals surface area contributed by atoms with E-state index in [2.05, 4.69) is 27.2 Å². The van der Waals surface area contributed by atoms with Crippen LogP contribution in [0.3, 0.4) is 0 Å². The average Bonchev–Trinajstić information content (AvgIpc) is 3.26. The molecule has 7 nitrogen and oxygen atoms in total. The van der Waals surface area contributed by atoms with Crippen molar-refractivity contribution in [1.82, 2.24) is 29.8 Å². The van der Waals surface area contributed by atoms with Crippen LogP contribution < -0.4 is 5.32 Å². The van der Waals surface area contributed by atoms with Crippen molar-refractivity contribution in [3.05, 3.63) is 83.9 Å². The quantitative estimate of drug-likeness (QED) is 0.515. The van der Waals surface area contributed by atoms with Gasteiger partial charge in [0, 0.05) is 61.5 Å². The molecule has 0 saturated carbocycles. The van der Waals surface area contributed by atoms with Crippen molar-refractivity contribution in [3.8, 4) is 23.1 Å². The molecule has 0 unspecified atom stereocenters. The zero-order valence-electron chi connectivity index (χ0n) is 16.8. The number of nitrogens with one attached hydrogen (secondary N) is 1. The number of piperazine rings is 1. The average molecular weight is 408 g/mol. The van der Waals surface area contributed by atoms with Crippen LogP contribution in [0.2, 0.25) is 0 Å². The van der Waals surface area contributed by atoms with Crippen molar-refractivity contribution in [1.29, 1.82) is 0 Å². The van der Waals surface area contributed by atoms with Crippen LogP contribution in [-0.2, 0) is 0 Å². The Bertz CT molecular complexity index is 1280. The van der Waals surface area contributed by atoms with Gasteiger partial charge in [-0.1, -0.05) is 24.0 Å². The maximum atomic E-state index is 12.7. The minimum absolute atomic E-state index is 0.0703. The second-order valence-corrected chi connectivity index (χ2v) is 7.24. The largest absolute Gasteiger partial charge is 0.336 e. The normalized spacial score (nSPS) is 13.6. The van der Waals surface area contributed by atoms with Crippen molar-refractivity contribution >= 4 is 11.6 Å². The number of fused-ring (bicyclic) bond motifs is 1. The summed E-state index contributed by atoms with van der Waals surface area (Å²) in [6.45, 7) is 3.16. The summed E-state index contributed by atoms with van der Waals surface area (Å²) in [6, 6.07) is 13.2. The molecule has 1 N–H and O–H groups in total. The minimum atomic E-state index is 0.0703. The van der Waals surface area contributed by atoms with Gasteiger partial charge in [0.15, 0.2) is 5.65 Å². The van der Waals surface area contributed by atoms with E-state index < -0.39 is 0 Å². The first kappa shape index (κ1) is 19.0. The molecule has 1 fully saturated rings. The fourth-order valence-electron chi connectivity index (χ4n) is 3.53. The van der Waals surface area contributed by atoms with Crippen LogP contribution in [0, 0.1) is 11.8 Å². The summed E-state index contributed by atoms with van der Waals surface area (Å²) in [4.78, 5) is 23.3. The molecule has 5 rings (SSSR count). The fraction of sp³-hybridized carbons (Fsp3) is 0.167. The summed E-state index contributed by atoms with van der Waals surface area (Å²) in [5.74, 6) is 6.33. The summed E-state index contributed by atoms with van der Waals surface area (Å²) in [7, 11) is 0. The number of carbonyl (C=O) groups excluding carboxylic acids is 1. The molecule has 1 aliphatic heterocycles. The van der Waals surface area contributed by atoms with Crippen molar-refractivity contribution in [2.24, 2.45) is 0 Å². The predicted octanol–water partition coefficient (Wildman–Crippen LogP) is 2.24. The molecule has 3 aromatic heterocycles. The number of pyridine rings is 1. The fourth-order valence-corrected chi connectivity index (χ4v) is 3.53. The molecule has 0 radical (unpaired) electrons. The van der Waals surface area contributed by atoms with Gasteiger partial charge in [-0.25, -0.2) is 9.50 Å². The Hall–Kier alpha value is -4.02. The molecule has 0 aliphatic carbocycles. The molecule has 1 saturated heterocycles. The van der Waals surface area contributed by atoms with E-state index in [9.17, 15) is 4.79 Å². The highest BCUT2D eigenvalue weighted by Crippen LogP contribution is 2.20. The van der Waals surface area contributed by atoms with E-state index >= 15 is 0 Å². The monoisotopic (exact) mass is 408 g/mol. The molecule has 1 aliphatic rings. The lowest BCUT2D eigenvalue weighted by Crippen LogP contribution is -2.46. The summed E-state index contributed by atoms with van der Waals surface area (Å²) in [5, 5.41) is 7.60. The van der Waals surface area contributed by atoms with E-state index in [-0.39, 0.29) is 5.91 Å². The lowest BCUT2D eigenvalue weighted by atomic mass is 10.1. The van der Waals surface area contributed by atoms with Crippen molar-refractivity contribution in [3.63, 3.8) is 0 Å². The number of amides is 1. The van der Waals surface area contributed by atoms with Gasteiger partial charge in [-0.3, -0.25) is 9.78 Å². The summed E-state index contributed by atoms with van der Waals surface area (Å²) in [6.07, 6.45) is 7.02. The van der Waals surface area contributed by atoms with Gasteiger partial charge in [0.25, 0.3) is 5.91 Å². The molecule has 0 spiro atoms. The third kappa shape index (κ3) is 4.02. The second-order valence-electron chi connectivity index (χ2n) is 7.24. The number of hydrogen-bond donors (Lipinski definition) is 1. The Morgan fingerprint density at radius 2 is 1.74 bits per heavy atom. The Morgan fingerprint density at radius 1 is 0.968 bits per heavy atom. The first-order chi connectivity index (χ1) is 15.3. The highest BCUT2D eigenvalue weighted by atomic mass is 16.2. The third-order valence-corrected chi connectivity index (χ3v) is 5.22. The van der Waals surface area contributed by atoms with E-state index in [1.807, 2.05) is 53.6 Å². The Labute approximate surface area is 179 Å². The number of hydrogen-bond acceptors (Lipinski definition) is 5. The second kappa shape index (κ2) is 8.38. The predicted molar refractivity (Wildman–Crippen MR) is 117 cm³/mol. The lowest BCUT2D eigenvalue weighted by Gasteiger charge is -2.27. The third-order valence-electron chi connectivity index (χ3n) is 5.22. The molecular weight excluding hydrogens is 388 g/mol. The van der Waals surface area contributed by atoms with Crippen LogP contribution in [0.4, 0.5) is 0 Å². The Balaban J connectivity index is 1.41. The van der Waals surface area contributed by atoms with E-state index in [4.69, 9.17) is 4.98 Å². The van der Waals surface area contributed by atoms with Crippen molar-refractivity contribution < 1.29 is 4.79 Å². The summed E-state index contributed by atoms with van der Waals surface area (Å²) >= 11 is 0. The molecule has 4 heterocycles. The van der Waals surface area contributed by atoms with Gasteiger partial charge >= 0.3 is 0 Å². The van der Waals surface area contributed by atoms with Gasteiger partial charge in [0.05, 0.1) is 17.5 Å². The summed E-state index contributed by atoms with van der Waals surface area (Å²) in [5.41, 5.74) is 4.77. The van der Waals surface area contributed by atoms with Gasteiger partial charge < -0.3 is 10.2 Å².